The second kappa shape index (κ2) is 9.89. The Kier molecular flexibility index (Phi) is 7.28. The monoisotopic (exact) mass is 388 g/mol. The Morgan fingerprint density at radius 1 is 1.07 bits per heavy atom. The number of hydrogen-bond donors (Lipinski definition) is 0. The molecule has 2 aliphatic rings. The Hall–Kier alpha value is -2.12. The fourth-order valence-electron chi connectivity index (χ4n) is 3.74. The number of rotatable bonds is 6. The number of benzene rings is 1. The molecule has 2 fully saturated rings. The Morgan fingerprint density at radius 2 is 1.79 bits per heavy atom. The highest BCUT2D eigenvalue weighted by atomic mass is 16.5. The average molecular weight is 389 g/mol. The Morgan fingerprint density at radius 3 is 2.43 bits per heavy atom. The largest absolute Gasteiger partial charge is 0.379 e. The van der Waals surface area contributed by atoms with E-state index in [1.807, 2.05) is 4.90 Å². The number of carbonyl (C=O) groups is 2. The van der Waals surface area contributed by atoms with Crippen molar-refractivity contribution in [2.75, 3.05) is 77.0 Å². The van der Waals surface area contributed by atoms with E-state index in [1.54, 1.807) is 11.8 Å². The molecule has 0 radical (unpaired) electrons. The molecule has 154 valence electrons. The maximum Gasteiger partial charge on any atom is 0.242 e. The number of anilines is 1. The molecule has 1 aromatic rings. The molecule has 0 aromatic heterocycles. The van der Waals surface area contributed by atoms with Crippen LogP contribution in [0.3, 0.4) is 0 Å². The number of ether oxygens (including phenoxy) is 1. The fourth-order valence-corrected chi connectivity index (χ4v) is 3.74. The van der Waals surface area contributed by atoms with E-state index in [4.69, 9.17) is 4.74 Å². The van der Waals surface area contributed by atoms with Crippen LogP contribution >= 0.6 is 0 Å². The third kappa shape index (κ3) is 5.69. The lowest BCUT2D eigenvalue weighted by atomic mass is 10.2. The van der Waals surface area contributed by atoms with Crippen LogP contribution in [-0.4, -0.2) is 98.6 Å². The Balaban J connectivity index is 1.47. The molecule has 0 bridgehead atoms. The van der Waals surface area contributed by atoms with Crippen LogP contribution in [0, 0.1) is 6.92 Å². The smallest absolute Gasteiger partial charge is 0.242 e. The first-order chi connectivity index (χ1) is 13.5. The van der Waals surface area contributed by atoms with Gasteiger partial charge in [-0.1, -0.05) is 12.1 Å². The van der Waals surface area contributed by atoms with Crippen molar-refractivity contribution in [1.29, 1.82) is 0 Å². The molecule has 3 rings (SSSR count). The molecule has 0 spiro atoms. The number of aryl methyl sites for hydroxylation is 1. The minimum absolute atomic E-state index is 0.0417. The summed E-state index contributed by atoms with van der Waals surface area (Å²) in [4.78, 5) is 32.9. The van der Waals surface area contributed by atoms with E-state index >= 15 is 0 Å². The van der Waals surface area contributed by atoms with Gasteiger partial charge >= 0.3 is 0 Å². The zero-order valence-electron chi connectivity index (χ0n) is 17.1. The van der Waals surface area contributed by atoms with Crippen molar-refractivity contribution < 1.29 is 14.3 Å². The third-order valence-electron chi connectivity index (χ3n) is 5.56. The summed E-state index contributed by atoms with van der Waals surface area (Å²) in [5.74, 6) is 0.000996. The van der Waals surface area contributed by atoms with Gasteiger partial charge in [-0.05, 0) is 24.6 Å². The van der Waals surface area contributed by atoms with E-state index in [1.165, 1.54) is 11.3 Å². The van der Waals surface area contributed by atoms with Gasteiger partial charge in [0.05, 0.1) is 19.8 Å². The second-order valence-electron chi connectivity index (χ2n) is 7.60. The number of piperazine rings is 1. The minimum atomic E-state index is -0.0417. The highest BCUT2D eigenvalue weighted by molar-refractivity contribution is 5.84. The predicted octanol–water partition coefficient (Wildman–Crippen LogP) is 0.824. The van der Waals surface area contributed by atoms with Crippen LogP contribution in [0.25, 0.3) is 0 Å². The molecule has 2 aliphatic heterocycles. The lowest BCUT2D eigenvalue weighted by Crippen LogP contribution is -2.52. The van der Waals surface area contributed by atoms with Gasteiger partial charge in [0.15, 0.2) is 0 Å². The first-order valence-electron chi connectivity index (χ1n) is 10.2. The second-order valence-corrected chi connectivity index (χ2v) is 7.60. The quantitative estimate of drug-likeness (QED) is 0.722. The number of morpholine rings is 1. The molecule has 1 aromatic carbocycles. The standard InChI is InChI=1S/C21H32N4O3/c1-18-4-3-5-20(16-18)23-8-10-24(11-9-23)21(27)17-25(19(2)26)7-6-22-12-14-28-15-13-22/h3-5,16H,6-15,17H2,1-2H3. The molecule has 0 aliphatic carbocycles. The number of nitrogens with zero attached hydrogens (tertiary/aromatic N) is 4. The summed E-state index contributed by atoms with van der Waals surface area (Å²) >= 11 is 0. The summed E-state index contributed by atoms with van der Waals surface area (Å²) in [5.41, 5.74) is 2.45. The third-order valence-corrected chi connectivity index (χ3v) is 5.56. The normalized spacial score (nSPS) is 18.2. The summed E-state index contributed by atoms with van der Waals surface area (Å²) in [6.07, 6.45) is 0. The van der Waals surface area contributed by atoms with E-state index in [0.29, 0.717) is 19.6 Å². The van der Waals surface area contributed by atoms with Gasteiger partial charge in [0.1, 0.15) is 0 Å². The van der Waals surface area contributed by atoms with Crippen LogP contribution < -0.4 is 4.90 Å². The first-order valence-corrected chi connectivity index (χ1v) is 10.2. The van der Waals surface area contributed by atoms with Crippen molar-refractivity contribution >= 4 is 17.5 Å². The molecule has 0 atom stereocenters. The summed E-state index contributed by atoms with van der Waals surface area (Å²) in [5, 5.41) is 0. The van der Waals surface area contributed by atoms with Gasteiger partial charge in [0.2, 0.25) is 11.8 Å². The highest BCUT2D eigenvalue weighted by Crippen LogP contribution is 2.18. The van der Waals surface area contributed by atoms with E-state index < -0.39 is 0 Å². The molecule has 2 heterocycles. The Bertz CT molecular complexity index is 667. The van der Waals surface area contributed by atoms with E-state index in [-0.39, 0.29) is 18.4 Å². The van der Waals surface area contributed by atoms with E-state index in [0.717, 1.165) is 45.9 Å². The lowest BCUT2D eigenvalue weighted by Gasteiger charge is -2.37. The summed E-state index contributed by atoms with van der Waals surface area (Å²) in [6, 6.07) is 8.46. The van der Waals surface area contributed by atoms with Crippen molar-refractivity contribution in [3.05, 3.63) is 29.8 Å². The van der Waals surface area contributed by atoms with Crippen LogP contribution in [0.2, 0.25) is 0 Å². The molecule has 28 heavy (non-hydrogen) atoms. The molecule has 0 N–H and O–H groups in total. The van der Waals surface area contributed by atoms with Gasteiger partial charge in [-0.2, -0.15) is 0 Å². The number of carbonyl (C=O) groups excluding carboxylic acids is 2. The molecular formula is C21H32N4O3. The minimum Gasteiger partial charge on any atom is -0.379 e. The van der Waals surface area contributed by atoms with Gasteiger partial charge < -0.3 is 19.4 Å². The van der Waals surface area contributed by atoms with Crippen molar-refractivity contribution in [2.45, 2.75) is 13.8 Å². The van der Waals surface area contributed by atoms with Crippen LogP contribution in [0.5, 0.6) is 0 Å². The maximum absolute atomic E-state index is 12.7. The van der Waals surface area contributed by atoms with Gasteiger partial charge in [-0.25, -0.2) is 0 Å². The topological polar surface area (TPSA) is 56.3 Å². The summed E-state index contributed by atoms with van der Waals surface area (Å²) in [7, 11) is 0. The van der Waals surface area contributed by atoms with Crippen molar-refractivity contribution in [3.8, 4) is 0 Å². The maximum atomic E-state index is 12.7. The molecule has 7 heteroatoms. The van der Waals surface area contributed by atoms with Gasteiger partial charge in [0.25, 0.3) is 0 Å². The average Bonchev–Trinajstić information content (AvgIpc) is 2.71. The molecule has 2 amide bonds. The van der Waals surface area contributed by atoms with Crippen molar-refractivity contribution in [3.63, 3.8) is 0 Å². The highest BCUT2D eigenvalue weighted by Gasteiger charge is 2.24. The Labute approximate surface area is 167 Å². The molecule has 0 saturated carbocycles. The molecule has 0 unspecified atom stereocenters. The number of amides is 2. The van der Waals surface area contributed by atoms with E-state index in [9.17, 15) is 9.59 Å². The SMILES string of the molecule is CC(=O)N(CCN1CCOCC1)CC(=O)N1CCN(c2cccc(C)c2)CC1. The van der Waals surface area contributed by atoms with Crippen LogP contribution in [0.15, 0.2) is 24.3 Å². The molecule has 7 nitrogen and oxygen atoms in total. The van der Waals surface area contributed by atoms with Crippen molar-refractivity contribution in [2.24, 2.45) is 0 Å². The van der Waals surface area contributed by atoms with Gasteiger partial charge in [-0.15, -0.1) is 0 Å². The van der Waals surface area contributed by atoms with Gasteiger partial charge in [0, 0.05) is 65.0 Å². The van der Waals surface area contributed by atoms with Crippen LogP contribution in [-0.2, 0) is 14.3 Å². The molecule has 2 saturated heterocycles. The fraction of sp³-hybridized carbons (Fsp3) is 0.619. The molecular weight excluding hydrogens is 356 g/mol. The van der Waals surface area contributed by atoms with Gasteiger partial charge in [-0.3, -0.25) is 14.5 Å². The first kappa shape index (κ1) is 20.6. The summed E-state index contributed by atoms with van der Waals surface area (Å²) < 4.78 is 5.36. The van der Waals surface area contributed by atoms with Crippen LogP contribution in [0.4, 0.5) is 5.69 Å². The van der Waals surface area contributed by atoms with Crippen molar-refractivity contribution in [1.82, 2.24) is 14.7 Å². The predicted molar refractivity (Wildman–Crippen MR) is 109 cm³/mol. The number of hydrogen-bond acceptors (Lipinski definition) is 5. The zero-order valence-corrected chi connectivity index (χ0v) is 17.1. The van der Waals surface area contributed by atoms with Crippen LogP contribution in [0.1, 0.15) is 12.5 Å². The zero-order chi connectivity index (χ0) is 19.9. The lowest BCUT2D eigenvalue weighted by molar-refractivity contribution is -0.139. The summed E-state index contributed by atoms with van der Waals surface area (Å²) in [6.45, 7) is 11.5. The van der Waals surface area contributed by atoms with E-state index in [2.05, 4.69) is 41.0 Å².